The maximum atomic E-state index is 11.7. The van der Waals surface area contributed by atoms with E-state index in [1.807, 2.05) is 79.1 Å². The molecule has 0 saturated heterocycles. The van der Waals surface area contributed by atoms with Crippen LogP contribution in [0.25, 0.3) is 63.6 Å². The van der Waals surface area contributed by atoms with Crippen LogP contribution in [0.5, 0.6) is 0 Å². The van der Waals surface area contributed by atoms with Crippen molar-refractivity contribution in [2.75, 3.05) is 0 Å². The van der Waals surface area contributed by atoms with Gasteiger partial charge in [0.2, 0.25) is 0 Å². The SMILES string of the molecule is CCC(CC)C(=O)C=C(O)C(CC)CC.CCC(CC)C(=O)C=C(O)C(CC)CC.Cc1[c-]c(-c2cc3cc(-c4cc(C(C)(C)C)cc(C(C)(C)C)c4)sc3cn2)cc(C)c1.Cc1[c-]c(-c2cc3cc(-c4ccc(C(C)C)cc4)sc3cn2)cc(C)c1.[Ir].[Ir]. The first kappa shape index (κ1) is 78.1. The zero-order valence-corrected chi connectivity index (χ0v) is 63.5. The molecular formula is C79H102Ir2N2O4S2-2. The number of pyridine rings is 2. The monoisotopic (exact) mass is 1590 g/mol. The van der Waals surface area contributed by atoms with E-state index in [0.29, 0.717) is 5.92 Å². The van der Waals surface area contributed by atoms with Crippen LogP contribution in [0, 0.1) is 63.5 Å². The van der Waals surface area contributed by atoms with Gasteiger partial charge in [0.15, 0.2) is 11.6 Å². The van der Waals surface area contributed by atoms with Crippen LogP contribution in [0.2, 0.25) is 0 Å². The van der Waals surface area contributed by atoms with Crippen molar-refractivity contribution in [3.05, 3.63) is 178 Å². The molecule has 0 atom stereocenters. The molecule has 8 aromatic rings. The van der Waals surface area contributed by atoms with Crippen LogP contribution in [-0.2, 0) is 60.6 Å². The Bertz CT molecular complexity index is 3470. The number of thiophene rings is 2. The number of carbonyl (C=O) groups excluding carboxylic acids is 2. The normalized spacial score (nSPS) is 11.9. The standard InChI is InChI=1S/C29H32NS.C24H22NS.2C13H24O2.2Ir/c1-18-9-19(2)11-20(10-18)25-14-22-15-26(31-27(22)17-30-25)21-12-23(28(3,4)5)16-24(13-21)29(6,7)8;1-15(2)18-5-7-19(8-6-18)23-13-21-12-22(25-14-24(21)26-23)20-10-16(3)9-17(4)11-20;2*1-5-10(6-2)12(14)9-13(15)11(7-3)8-4;;/h9-10,12-17H,1-8H3;5-10,12-15H,1-4H3;2*9-11,14H,5-8H2,1-4H3;;/q2*-1;;;;. The van der Waals surface area contributed by atoms with Crippen molar-refractivity contribution in [3.8, 4) is 43.4 Å². The van der Waals surface area contributed by atoms with Crippen molar-refractivity contribution in [1.82, 2.24) is 9.97 Å². The first-order chi connectivity index (χ1) is 41.1. The summed E-state index contributed by atoms with van der Waals surface area (Å²) < 4.78 is 2.45. The molecule has 0 saturated carbocycles. The molecular weight excluding hydrogens is 1490 g/mol. The second kappa shape index (κ2) is 36.2. The Morgan fingerprint density at radius 3 is 1.15 bits per heavy atom. The van der Waals surface area contributed by atoms with Crippen LogP contribution in [0.1, 0.15) is 207 Å². The molecule has 0 aliphatic carbocycles. The Balaban J connectivity index is 0.000000324. The van der Waals surface area contributed by atoms with Crippen molar-refractivity contribution in [1.29, 1.82) is 0 Å². The van der Waals surface area contributed by atoms with Gasteiger partial charge in [-0.2, -0.15) is 0 Å². The van der Waals surface area contributed by atoms with Crippen LogP contribution < -0.4 is 0 Å². The molecule has 0 bridgehead atoms. The smallest absolute Gasteiger partial charge is 0.162 e. The molecule has 6 nitrogen and oxygen atoms in total. The van der Waals surface area contributed by atoms with Crippen molar-refractivity contribution < 1.29 is 60.0 Å². The van der Waals surface area contributed by atoms with E-state index < -0.39 is 0 Å². The molecule has 10 heteroatoms. The van der Waals surface area contributed by atoms with Crippen LogP contribution >= 0.6 is 22.7 Å². The van der Waals surface area contributed by atoms with E-state index in [0.717, 1.165) is 85.0 Å². The number of aliphatic hydroxyl groups is 2. The third-order valence-corrected chi connectivity index (χ3v) is 18.9. The summed E-state index contributed by atoms with van der Waals surface area (Å²) in [6.07, 6.45) is 13.8. The molecule has 4 aromatic heterocycles. The number of aryl methyl sites for hydroxylation is 4. The summed E-state index contributed by atoms with van der Waals surface area (Å²) in [5.41, 5.74) is 15.9. The number of benzene rings is 4. The second-order valence-electron chi connectivity index (χ2n) is 26.0. The number of carbonyl (C=O) groups is 2. The number of aromatic nitrogens is 2. The van der Waals surface area contributed by atoms with E-state index in [9.17, 15) is 19.8 Å². The summed E-state index contributed by atoms with van der Waals surface area (Å²) in [5.74, 6) is 1.66. The van der Waals surface area contributed by atoms with Crippen molar-refractivity contribution in [2.24, 2.45) is 23.7 Å². The Hall–Kier alpha value is -5.18. The molecule has 0 amide bonds. The largest absolute Gasteiger partial charge is 0.512 e. The minimum Gasteiger partial charge on any atom is -0.512 e. The Morgan fingerprint density at radius 2 is 0.831 bits per heavy atom. The Labute approximate surface area is 571 Å². The van der Waals surface area contributed by atoms with Gasteiger partial charge in [-0.25, -0.2) is 0 Å². The van der Waals surface area contributed by atoms with Crippen LogP contribution in [0.3, 0.4) is 0 Å². The molecule has 89 heavy (non-hydrogen) atoms. The zero-order chi connectivity index (χ0) is 64.5. The van der Waals surface area contributed by atoms with Gasteiger partial charge in [-0.1, -0.05) is 181 Å². The molecule has 8 rings (SSSR count). The first-order valence-corrected chi connectivity index (χ1v) is 33.7. The van der Waals surface area contributed by atoms with E-state index in [4.69, 9.17) is 4.98 Å². The summed E-state index contributed by atoms with van der Waals surface area (Å²) in [7, 11) is 0. The number of rotatable bonds is 19. The number of hydrogen-bond donors (Lipinski definition) is 2. The number of hydrogen-bond acceptors (Lipinski definition) is 8. The first-order valence-electron chi connectivity index (χ1n) is 32.1. The summed E-state index contributed by atoms with van der Waals surface area (Å²) in [6, 6.07) is 40.5. The molecule has 2 N–H and O–H groups in total. The van der Waals surface area contributed by atoms with Crippen molar-refractivity contribution >= 4 is 54.4 Å². The van der Waals surface area contributed by atoms with E-state index in [-0.39, 0.29) is 97.8 Å². The summed E-state index contributed by atoms with van der Waals surface area (Å²) in [5, 5.41) is 22.0. The van der Waals surface area contributed by atoms with Gasteiger partial charge < -0.3 is 20.2 Å². The molecule has 484 valence electrons. The van der Waals surface area contributed by atoms with Gasteiger partial charge >= 0.3 is 0 Å². The number of aliphatic hydroxyl groups excluding tert-OH is 2. The topological polar surface area (TPSA) is 100 Å². The molecule has 0 spiro atoms. The van der Waals surface area contributed by atoms with Crippen molar-refractivity contribution in [3.63, 3.8) is 0 Å². The van der Waals surface area contributed by atoms with Crippen LogP contribution in [0.15, 0.2) is 127 Å². The Kier molecular flexibility index (Phi) is 31.7. The number of allylic oxidation sites excluding steroid dienone is 4. The fourth-order valence-corrected chi connectivity index (χ4v) is 12.8. The zero-order valence-electron chi connectivity index (χ0n) is 57.1. The molecule has 4 aromatic carbocycles. The molecule has 0 fully saturated rings. The van der Waals surface area contributed by atoms with E-state index >= 15 is 0 Å². The van der Waals surface area contributed by atoms with Gasteiger partial charge in [-0.3, -0.25) is 9.59 Å². The average Bonchev–Trinajstić information content (AvgIpc) is 2.12. The van der Waals surface area contributed by atoms with E-state index in [1.165, 1.54) is 81.0 Å². The maximum Gasteiger partial charge on any atom is 0.162 e. The number of ketones is 2. The molecule has 4 heterocycles. The molecule has 0 aliphatic rings. The van der Waals surface area contributed by atoms with Gasteiger partial charge in [0.25, 0.3) is 0 Å². The average molecular weight is 1590 g/mol. The molecule has 0 unspecified atom stereocenters. The molecule has 2 radical (unpaired) electrons. The van der Waals surface area contributed by atoms with Gasteiger partial charge in [0, 0.05) is 98.2 Å². The summed E-state index contributed by atoms with van der Waals surface area (Å²) >= 11 is 3.63. The van der Waals surface area contributed by atoms with Gasteiger partial charge in [0.05, 0.1) is 20.9 Å². The van der Waals surface area contributed by atoms with Crippen LogP contribution in [-0.4, -0.2) is 31.7 Å². The van der Waals surface area contributed by atoms with Gasteiger partial charge in [-0.05, 0) is 142 Å². The van der Waals surface area contributed by atoms with Gasteiger partial charge in [0.1, 0.15) is 0 Å². The van der Waals surface area contributed by atoms with E-state index in [1.54, 1.807) is 11.3 Å². The number of fused-ring (bicyclic) bond motifs is 2. The third kappa shape index (κ3) is 22.6. The Morgan fingerprint density at radius 1 is 0.483 bits per heavy atom. The fourth-order valence-electron chi connectivity index (χ4n) is 10.8. The minimum absolute atomic E-state index is 0. The fraction of sp³-hybridized carbons (Fsp3) is 0.443. The predicted octanol–water partition coefficient (Wildman–Crippen LogP) is 23.5. The summed E-state index contributed by atoms with van der Waals surface area (Å²) in [6.45, 7) is 42.8. The summed E-state index contributed by atoms with van der Waals surface area (Å²) in [4.78, 5) is 35.5. The van der Waals surface area contributed by atoms with Crippen molar-refractivity contribution in [2.45, 2.75) is 207 Å². The quantitative estimate of drug-likeness (QED) is 0.0475. The second-order valence-corrected chi connectivity index (χ2v) is 28.2. The number of nitrogens with zero attached hydrogens (tertiary/aromatic N) is 2. The third-order valence-electron chi connectivity index (χ3n) is 16.6. The van der Waals surface area contributed by atoms with Crippen LogP contribution in [0.4, 0.5) is 0 Å². The van der Waals surface area contributed by atoms with E-state index in [2.05, 4.69) is 191 Å². The maximum absolute atomic E-state index is 11.7. The molecule has 0 aliphatic heterocycles. The minimum atomic E-state index is 0. The van der Waals surface area contributed by atoms with Gasteiger partial charge in [-0.15, -0.1) is 92.5 Å². The predicted molar refractivity (Wildman–Crippen MR) is 377 cm³/mol.